The summed E-state index contributed by atoms with van der Waals surface area (Å²) >= 11 is 0. The van der Waals surface area contributed by atoms with Crippen molar-refractivity contribution in [1.82, 2.24) is 10.2 Å². The number of unbranched alkanes of at least 4 members (excludes halogenated alkanes) is 1. The van der Waals surface area contributed by atoms with Crippen LogP contribution in [0.1, 0.15) is 60.2 Å². The summed E-state index contributed by atoms with van der Waals surface area (Å²) in [7, 11) is 1.34. The largest absolute Gasteiger partial charge is 0.465 e. The molecule has 0 aliphatic heterocycles. The number of nitrogens with zero attached hydrogens (tertiary/aromatic N) is 1. The molecule has 1 amide bonds. The van der Waals surface area contributed by atoms with Gasteiger partial charge in [0.2, 0.25) is 0 Å². The van der Waals surface area contributed by atoms with E-state index in [2.05, 4.69) is 28.8 Å². The van der Waals surface area contributed by atoms with E-state index in [1.54, 1.807) is 24.3 Å². The lowest BCUT2D eigenvalue weighted by Gasteiger charge is -2.20. The average Bonchev–Trinajstić information content (AvgIpc) is 2.61. The molecule has 1 rings (SSSR count). The van der Waals surface area contributed by atoms with Crippen LogP contribution in [0.15, 0.2) is 24.3 Å². The van der Waals surface area contributed by atoms with Crippen molar-refractivity contribution in [2.24, 2.45) is 0 Å². The number of carbonyl (C=O) groups is 2. The fraction of sp³-hybridized carbons (Fsp3) is 0.579. The van der Waals surface area contributed by atoms with Crippen molar-refractivity contribution in [2.45, 2.75) is 39.5 Å². The first kappa shape index (κ1) is 20.2. The van der Waals surface area contributed by atoms with E-state index in [0.717, 1.165) is 32.5 Å². The normalized spacial score (nSPS) is 10.7. The minimum absolute atomic E-state index is 0.106. The molecule has 0 aliphatic carbocycles. The molecule has 1 N–H and O–H groups in total. The van der Waals surface area contributed by atoms with Gasteiger partial charge in [-0.3, -0.25) is 4.79 Å². The molecule has 0 spiro atoms. The molecule has 5 nitrogen and oxygen atoms in total. The quantitative estimate of drug-likeness (QED) is 0.499. The van der Waals surface area contributed by atoms with E-state index in [4.69, 9.17) is 0 Å². The Morgan fingerprint density at radius 2 is 1.54 bits per heavy atom. The molecule has 0 heterocycles. The number of hydrogen-bond acceptors (Lipinski definition) is 4. The Bertz CT molecular complexity index is 494. The summed E-state index contributed by atoms with van der Waals surface area (Å²) in [6.07, 6.45) is 4.41. The Kier molecular flexibility index (Phi) is 9.77. The highest BCUT2D eigenvalue weighted by molar-refractivity contribution is 5.96. The first-order valence-electron chi connectivity index (χ1n) is 8.81. The lowest BCUT2D eigenvalue weighted by Crippen LogP contribution is -2.28. The van der Waals surface area contributed by atoms with Crippen molar-refractivity contribution in [3.63, 3.8) is 0 Å². The van der Waals surface area contributed by atoms with Crippen LogP contribution in [-0.2, 0) is 4.74 Å². The van der Waals surface area contributed by atoms with Crippen LogP contribution < -0.4 is 5.32 Å². The second kappa shape index (κ2) is 11.6. The molecule has 24 heavy (non-hydrogen) atoms. The van der Waals surface area contributed by atoms with Crippen LogP contribution in [0.3, 0.4) is 0 Å². The zero-order chi connectivity index (χ0) is 17.8. The van der Waals surface area contributed by atoms with Crippen LogP contribution in [0, 0.1) is 0 Å². The number of ether oxygens (including phenoxy) is 1. The number of rotatable bonds is 11. The smallest absolute Gasteiger partial charge is 0.337 e. The molecule has 0 bridgehead atoms. The Morgan fingerprint density at radius 1 is 0.958 bits per heavy atom. The number of carbonyl (C=O) groups excluding carboxylic acids is 2. The standard InChI is InChI=1S/C19H30N2O3/c1-4-13-21(14-5-2)15-7-6-12-20-18(22)16-8-10-17(11-9-16)19(23)24-3/h8-11H,4-7,12-15H2,1-3H3,(H,20,22). The topological polar surface area (TPSA) is 58.6 Å². The SMILES string of the molecule is CCCN(CCC)CCCCNC(=O)c1ccc(C(=O)OC)cc1. The Labute approximate surface area is 145 Å². The van der Waals surface area contributed by atoms with E-state index in [1.807, 2.05) is 0 Å². The van der Waals surface area contributed by atoms with Crippen molar-refractivity contribution in [3.05, 3.63) is 35.4 Å². The van der Waals surface area contributed by atoms with Gasteiger partial charge in [0.15, 0.2) is 0 Å². The molecule has 1 aromatic carbocycles. The highest BCUT2D eigenvalue weighted by Crippen LogP contribution is 2.06. The molecule has 134 valence electrons. The predicted molar refractivity (Wildman–Crippen MR) is 96.4 cm³/mol. The van der Waals surface area contributed by atoms with Gasteiger partial charge in [0.05, 0.1) is 12.7 Å². The zero-order valence-corrected chi connectivity index (χ0v) is 15.1. The van der Waals surface area contributed by atoms with Crippen LogP contribution in [0.4, 0.5) is 0 Å². The molecular weight excluding hydrogens is 304 g/mol. The Morgan fingerprint density at radius 3 is 2.08 bits per heavy atom. The van der Waals surface area contributed by atoms with Gasteiger partial charge in [-0.15, -0.1) is 0 Å². The van der Waals surface area contributed by atoms with Gasteiger partial charge in [-0.1, -0.05) is 13.8 Å². The van der Waals surface area contributed by atoms with E-state index < -0.39 is 5.97 Å². The monoisotopic (exact) mass is 334 g/mol. The minimum Gasteiger partial charge on any atom is -0.465 e. The number of amides is 1. The zero-order valence-electron chi connectivity index (χ0n) is 15.1. The lowest BCUT2D eigenvalue weighted by molar-refractivity contribution is 0.0600. The summed E-state index contributed by atoms with van der Waals surface area (Å²) < 4.78 is 4.64. The molecule has 5 heteroatoms. The van der Waals surface area contributed by atoms with E-state index in [1.165, 1.54) is 20.0 Å². The molecule has 0 fully saturated rings. The summed E-state index contributed by atoms with van der Waals surface area (Å²) in [6.45, 7) is 8.46. The average molecular weight is 334 g/mol. The molecule has 0 saturated carbocycles. The maximum Gasteiger partial charge on any atom is 0.337 e. The number of esters is 1. The summed E-state index contributed by atoms with van der Waals surface area (Å²) in [6, 6.07) is 6.50. The summed E-state index contributed by atoms with van der Waals surface area (Å²) in [5.74, 6) is -0.504. The van der Waals surface area contributed by atoms with Gasteiger partial charge >= 0.3 is 5.97 Å². The van der Waals surface area contributed by atoms with Crippen LogP contribution >= 0.6 is 0 Å². The second-order valence-electron chi connectivity index (χ2n) is 5.87. The summed E-state index contributed by atoms with van der Waals surface area (Å²) in [5.41, 5.74) is 1.00. The Hall–Kier alpha value is -1.88. The molecular formula is C19H30N2O3. The first-order valence-corrected chi connectivity index (χ1v) is 8.81. The van der Waals surface area contributed by atoms with E-state index in [0.29, 0.717) is 17.7 Å². The predicted octanol–water partition coefficient (Wildman–Crippen LogP) is 3.11. The molecule has 0 atom stereocenters. The number of methoxy groups -OCH3 is 1. The van der Waals surface area contributed by atoms with Crippen LogP contribution in [0.5, 0.6) is 0 Å². The summed E-state index contributed by atoms with van der Waals surface area (Å²) in [4.78, 5) is 25.9. The third-order valence-electron chi connectivity index (χ3n) is 3.83. The van der Waals surface area contributed by atoms with Crippen molar-refractivity contribution in [2.75, 3.05) is 33.3 Å². The van der Waals surface area contributed by atoms with Crippen molar-refractivity contribution < 1.29 is 14.3 Å². The van der Waals surface area contributed by atoms with Gasteiger partial charge in [0.25, 0.3) is 5.91 Å². The highest BCUT2D eigenvalue weighted by atomic mass is 16.5. The van der Waals surface area contributed by atoms with Crippen molar-refractivity contribution in [3.8, 4) is 0 Å². The van der Waals surface area contributed by atoms with E-state index >= 15 is 0 Å². The fourth-order valence-corrected chi connectivity index (χ4v) is 2.61. The minimum atomic E-state index is -0.398. The maximum absolute atomic E-state index is 12.1. The van der Waals surface area contributed by atoms with E-state index in [9.17, 15) is 9.59 Å². The van der Waals surface area contributed by atoms with Crippen LogP contribution in [0.2, 0.25) is 0 Å². The van der Waals surface area contributed by atoms with Gasteiger partial charge < -0.3 is 15.0 Å². The molecule has 0 aromatic heterocycles. The lowest BCUT2D eigenvalue weighted by atomic mass is 10.1. The van der Waals surface area contributed by atoms with Crippen molar-refractivity contribution >= 4 is 11.9 Å². The second-order valence-corrected chi connectivity index (χ2v) is 5.87. The molecule has 1 aromatic rings. The van der Waals surface area contributed by atoms with Gasteiger partial charge in [-0.25, -0.2) is 4.79 Å². The van der Waals surface area contributed by atoms with Crippen LogP contribution in [0.25, 0.3) is 0 Å². The molecule has 0 aliphatic rings. The number of nitrogens with one attached hydrogen (secondary N) is 1. The highest BCUT2D eigenvalue weighted by Gasteiger charge is 2.08. The molecule has 0 radical (unpaired) electrons. The number of hydrogen-bond donors (Lipinski definition) is 1. The first-order chi connectivity index (χ1) is 11.6. The van der Waals surface area contributed by atoms with Gasteiger partial charge in [0, 0.05) is 12.1 Å². The third-order valence-corrected chi connectivity index (χ3v) is 3.83. The molecule has 0 unspecified atom stereocenters. The third kappa shape index (κ3) is 7.13. The van der Waals surface area contributed by atoms with Crippen molar-refractivity contribution in [1.29, 1.82) is 0 Å². The van der Waals surface area contributed by atoms with Crippen LogP contribution in [-0.4, -0.2) is 50.1 Å². The van der Waals surface area contributed by atoms with E-state index in [-0.39, 0.29) is 5.91 Å². The van der Waals surface area contributed by atoms with Gasteiger partial charge in [-0.05, 0) is 69.6 Å². The maximum atomic E-state index is 12.1. The van der Waals surface area contributed by atoms with Gasteiger partial charge in [0.1, 0.15) is 0 Å². The van der Waals surface area contributed by atoms with Gasteiger partial charge in [-0.2, -0.15) is 0 Å². The number of benzene rings is 1. The summed E-state index contributed by atoms with van der Waals surface area (Å²) in [5, 5.41) is 2.93. The molecule has 0 saturated heterocycles. The Balaban J connectivity index is 2.29. The fourth-order valence-electron chi connectivity index (χ4n) is 2.61.